The van der Waals surface area contributed by atoms with Gasteiger partial charge >= 0.3 is 0 Å². The van der Waals surface area contributed by atoms with Crippen molar-refractivity contribution in [3.05, 3.63) is 29.0 Å². The normalized spacial score (nSPS) is 10.6. The Bertz CT molecular complexity index is 475. The second-order valence-corrected chi connectivity index (χ2v) is 4.01. The molecule has 4 heteroatoms. The van der Waals surface area contributed by atoms with Gasteiger partial charge in [0.25, 0.3) is 0 Å². The predicted molar refractivity (Wildman–Crippen MR) is 57.1 cm³/mol. The monoisotopic (exact) mass is 210 g/mol. The minimum Gasteiger partial charge on any atom is -0.217 e. The molecule has 0 aromatic carbocycles. The van der Waals surface area contributed by atoms with E-state index in [9.17, 15) is 0 Å². The summed E-state index contributed by atoms with van der Waals surface area (Å²) in [5.74, 6) is 0. The third-order valence-corrected chi connectivity index (χ3v) is 2.76. The van der Waals surface area contributed by atoms with Gasteiger partial charge in [-0.1, -0.05) is 6.58 Å². The van der Waals surface area contributed by atoms with Gasteiger partial charge in [-0.2, -0.15) is 0 Å². The average Bonchev–Trinajstić information content (AvgIpc) is 2.49. The standard InChI is InChI=1S/C9H7ClN2S/c1-5(2)7-8-6(3-4-13-8)11-9(10)12-7/h3-4H,1H2,2H3. The first-order valence-electron chi connectivity index (χ1n) is 3.75. The molecule has 0 saturated heterocycles. The molecule has 2 aromatic rings. The Kier molecular flexibility index (Phi) is 2.06. The molecule has 2 rings (SSSR count). The van der Waals surface area contributed by atoms with E-state index < -0.39 is 0 Å². The van der Waals surface area contributed by atoms with Crippen LogP contribution >= 0.6 is 22.9 Å². The molecule has 2 heterocycles. The molecule has 13 heavy (non-hydrogen) atoms. The third-order valence-electron chi connectivity index (χ3n) is 1.68. The molecule has 66 valence electrons. The fourth-order valence-corrected chi connectivity index (χ4v) is 2.20. The molecular formula is C9H7ClN2S. The highest BCUT2D eigenvalue weighted by Gasteiger charge is 2.07. The Morgan fingerprint density at radius 1 is 1.54 bits per heavy atom. The van der Waals surface area contributed by atoms with Gasteiger partial charge < -0.3 is 0 Å². The maximum absolute atomic E-state index is 5.77. The van der Waals surface area contributed by atoms with Crippen LogP contribution in [0.3, 0.4) is 0 Å². The molecule has 0 amide bonds. The zero-order valence-corrected chi connectivity index (χ0v) is 8.61. The molecule has 0 aliphatic carbocycles. The van der Waals surface area contributed by atoms with Crippen LogP contribution in [-0.4, -0.2) is 9.97 Å². The van der Waals surface area contributed by atoms with Crippen LogP contribution in [0.4, 0.5) is 0 Å². The smallest absolute Gasteiger partial charge is 0.217 e. The van der Waals surface area contributed by atoms with Crippen molar-refractivity contribution in [2.24, 2.45) is 0 Å². The van der Waals surface area contributed by atoms with Gasteiger partial charge in [-0.3, -0.25) is 0 Å². The molecule has 0 spiro atoms. The van der Waals surface area contributed by atoms with Crippen LogP contribution in [-0.2, 0) is 0 Å². The second kappa shape index (κ2) is 3.09. The fourth-order valence-electron chi connectivity index (χ4n) is 1.12. The lowest BCUT2D eigenvalue weighted by Gasteiger charge is -2.00. The van der Waals surface area contributed by atoms with Crippen LogP contribution in [0.1, 0.15) is 12.6 Å². The van der Waals surface area contributed by atoms with Crippen molar-refractivity contribution in [3.8, 4) is 0 Å². The fraction of sp³-hybridized carbons (Fsp3) is 0.111. The van der Waals surface area contributed by atoms with Crippen LogP contribution in [0.15, 0.2) is 18.0 Å². The van der Waals surface area contributed by atoms with Crippen LogP contribution in [0.2, 0.25) is 5.28 Å². The van der Waals surface area contributed by atoms with Crippen LogP contribution in [0.5, 0.6) is 0 Å². The first kappa shape index (κ1) is 8.66. The van der Waals surface area contributed by atoms with E-state index in [0.717, 1.165) is 21.5 Å². The van der Waals surface area contributed by atoms with E-state index in [0.29, 0.717) is 0 Å². The van der Waals surface area contributed by atoms with Crippen molar-refractivity contribution in [2.75, 3.05) is 0 Å². The first-order valence-corrected chi connectivity index (χ1v) is 5.01. The zero-order chi connectivity index (χ0) is 9.42. The number of allylic oxidation sites excluding steroid dienone is 1. The van der Waals surface area contributed by atoms with Gasteiger partial charge in [0.15, 0.2) is 0 Å². The number of fused-ring (bicyclic) bond motifs is 1. The van der Waals surface area contributed by atoms with E-state index in [-0.39, 0.29) is 5.28 Å². The summed E-state index contributed by atoms with van der Waals surface area (Å²) in [6, 6.07) is 1.93. The molecule has 0 saturated carbocycles. The Morgan fingerprint density at radius 3 is 3.00 bits per heavy atom. The molecule has 2 nitrogen and oxygen atoms in total. The Hall–Kier alpha value is -0.930. The Morgan fingerprint density at radius 2 is 2.31 bits per heavy atom. The molecule has 0 fully saturated rings. The van der Waals surface area contributed by atoms with Crippen molar-refractivity contribution in [3.63, 3.8) is 0 Å². The van der Waals surface area contributed by atoms with E-state index >= 15 is 0 Å². The van der Waals surface area contributed by atoms with E-state index in [1.54, 1.807) is 11.3 Å². The molecule has 0 aliphatic heterocycles. The number of hydrogen-bond acceptors (Lipinski definition) is 3. The Labute approximate surface area is 84.9 Å². The van der Waals surface area contributed by atoms with Crippen LogP contribution in [0, 0.1) is 0 Å². The quantitative estimate of drug-likeness (QED) is 0.675. The largest absolute Gasteiger partial charge is 0.223 e. The summed E-state index contributed by atoms with van der Waals surface area (Å²) in [5.41, 5.74) is 2.66. The van der Waals surface area contributed by atoms with E-state index in [1.807, 2.05) is 18.4 Å². The highest BCUT2D eigenvalue weighted by Crippen LogP contribution is 2.27. The number of hydrogen-bond donors (Lipinski definition) is 0. The average molecular weight is 211 g/mol. The lowest BCUT2D eigenvalue weighted by atomic mass is 10.2. The summed E-state index contributed by atoms with van der Waals surface area (Å²) in [4.78, 5) is 8.24. The Balaban J connectivity index is 2.84. The van der Waals surface area contributed by atoms with Crippen molar-refractivity contribution < 1.29 is 0 Å². The maximum atomic E-state index is 5.77. The SMILES string of the molecule is C=C(C)c1nc(Cl)nc2ccsc12. The van der Waals surface area contributed by atoms with Gasteiger partial charge in [0, 0.05) is 0 Å². The molecule has 0 unspecified atom stereocenters. The topological polar surface area (TPSA) is 25.8 Å². The number of thiophene rings is 1. The first-order chi connectivity index (χ1) is 6.18. The van der Waals surface area contributed by atoms with E-state index in [2.05, 4.69) is 16.5 Å². The molecule has 0 bridgehead atoms. The van der Waals surface area contributed by atoms with Crippen molar-refractivity contribution in [1.29, 1.82) is 0 Å². The van der Waals surface area contributed by atoms with Crippen molar-refractivity contribution in [2.45, 2.75) is 6.92 Å². The molecule has 2 aromatic heterocycles. The van der Waals surface area contributed by atoms with Crippen molar-refractivity contribution in [1.82, 2.24) is 9.97 Å². The summed E-state index contributed by atoms with van der Waals surface area (Å²) in [5, 5.41) is 2.26. The molecule has 0 N–H and O–H groups in total. The number of rotatable bonds is 1. The molecule has 0 radical (unpaired) electrons. The molecule has 0 aliphatic rings. The van der Waals surface area contributed by atoms with E-state index in [4.69, 9.17) is 11.6 Å². The van der Waals surface area contributed by atoms with E-state index in [1.165, 1.54) is 0 Å². The summed E-state index contributed by atoms with van der Waals surface area (Å²) in [6.07, 6.45) is 0. The van der Waals surface area contributed by atoms with Crippen LogP contribution in [0.25, 0.3) is 15.8 Å². The zero-order valence-electron chi connectivity index (χ0n) is 7.04. The van der Waals surface area contributed by atoms with Gasteiger partial charge in [-0.15, -0.1) is 11.3 Å². The summed E-state index contributed by atoms with van der Waals surface area (Å²) in [7, 11) is 0. The summed E-state index contributed by atoms with van der Waals surface area (Å²) < 4.78 is 1.05. The van der Waals surface area contributed by atoms with Gasteiger partial charge in [0.2, 0.25) is 5.28 Å². The second-order valence-electron chi connectivity index (χ2n) is 2.76. The number of nitrogens with zero attached hydrogens (tertiary/aromatic N) is 2. The highest BCUT2D eigenvalue weighted by atomic mass is 35.5. The van der Waals surface area contributed by atoms with Gasteiger partial charge in [0.1, 0.15) is 0 Å². The lowest BCUT2D eigenvalue weighted by Crippen LogP contribution is -1.89. The lowest BCUT2D eigenvalue weighted by molar-refractivity contribution is 1.20. The molecule has 0 atom stereocenters. The third kappa shape index (κ3) is 1.45. The maximum Gasteiger partial charge on any atom is 0.223 e. The van der Waals surface area contributed by atoms with Crippen LogP contribution < -0.4 is 0 Å². The minimum absolute atomic E-state index is 0.281. The number of aromatic nitrogens is 2. The van der Waals surface area contributed by atoms with Gasteiger partial charge in [-0.05, 0) is 35.5 Å². The summed E-state index contributed by atoms with van der Waals surface area (Å²) in [6.45, 7) is 5.77. The van der Waals surface area contributed by atoms with Crippen molar-refractivity contribution >= 4 is 38.7 Å². The van der Waals surface area contributed by atoms with Gasteiger partial charge in [-0.25, -0.2) is 9.97 Å². The molecular weight excluding hydrogens is 204 g/mol. The highest BCUT2D eigenvalue weighted by molar-refractivity contribution is 7.17. The minimum atomic E-state index is 0.281. The summed E-state index contributed by atoms with van der Waals surface area (Å²) >= 11 is 7.37. The van der Waals surface area contributed by atoms with Gasteiger partial charge in [0.05, 0.1) is 15.9 Å². The predicted octanol–water partition coefficient (Wildman–Crippen LogP) is 3.38. The number of halogens is 1.